The molecule has 8 heteroatoms. The Balaban J connectivity index is 1.49. The molecule has 5 aromatic heterocycles. The molecule has 2 N–H and O–H groups in total. The van der Waals surface area contributed by atoms with Crippen LogP contribution < -0.4 is 4.90 Å². The van der Waals surface area contributed by atoms with Crippen molar-refractivity contribution in [3.8, 4) is 33.8 Å². The number of nitrogens with zero attached hydrogens (tertiary/aromatic N) is 5. The van der Waals surface area contributed by atoms with Crippen molar-refractivity contribution in [1.82, 2.24) is 30.1 Å². The van der Waals surface area contributed by atoms with Crippen LogP contribution in [-0.2, 0) is 0 Å². The molecule has 0 aliphatic carbocycles. The van der Waals surface area contributed by atoms with Gasteiger partial charge in [-0.05, 0) is 24.3 Å². The molecule has 0 aliphatic heterocycles. The number of furan rings is 1. The molecule has 8 nitrogen and oxygen atoms in total. The molecule has 0 saturated heterocycles. The van der Waals surface area contributed by atoms with E-state index in [0.29, 0.717) is 11.5 Å². The van der Waals surface area contributed by atoms with E-state index in [9.17, 15) is 0 Å². The highest BCUT2D eigenvalue weighted by Gasteiger charge is 2.16. The molecule has 0 spiro atoms. The summed E-state index contributed by atoms with van der Waals surface area (Å²) in [4.78, 5) is 19.3. The van der Waals surface area contributed by atoms with Crippen molar-refractivity contribution < 1.29 is 4.42 Å². The first kappa shape index (κ1) is 18.3. The number of aromatic nitrogens is 6. The summed E-state index contributed by atoms with van der Waals surface area (Å²) in [6, 6.07) is 12.1. The van der Waals surface area contributed by atoms with E-state index in [0.717, 1.165) is 50.1 Å². The summed E-state index contributed by atoms with van der Waals surface area (Å²) in [6.07, 6.45) is 8.88. The van der Waals surface area contributed by atoms with Crippen LogP contribution in [0.2, 0.25) is 0 Å². The van der Waals surface area contributed by atoms with Crippen LogP contribution in [-0.4, -0.2) is 44.2 Å². The molecule has 0 radical (unpaired) electrons. The zero-order valence-corrected chi connectivity index (χ0v) is 17.5. The molecule has 156 valence electrons. The van der Waals surface area contributed by atoms with Gasteiger partial charge in [-0.3, -0.25) is 10.1 Å². The van der Waals surface area contributed by atoms with Crippen molar-refractivity contribution in [3.05, 3.63) is 67.5 Å². The highest BCUT2D eigenvalue weighted by atomic mass is 16.3. The number of para-hydroxylation sites is 1. The third-order valence-electron chi connectivity index (χ3n) is 5.56. The third-order valence-corrected chi connectivity index (χ3v) is 5.56. The van der Waals surface area contributed by atoms with Crippen molar-refractivity contribution >= 4 is 27.8 Å². The predicted octanol–water partition coefficient (Wildman–Crippen LogP) is 4.89. The van der Waals surface area contributed by atoms with Gasteiger partial charge in [0.1, 0.15) is 5.69 Å². The van der Waals surface area contributed by atoms with Crippen LogP contribution in [0.25, 0.3) is 55.8 Å². The number of anilines is 1. The Morgan fingerprint density at radius 2 is 1.88 bits per heavy atom. The molecular formula is C24H19N7O. The second-order valence-corrected chi connectivity index (χ2v) is 7.82. The summed E-state index contributed by atoms with van der Waals surface area (Å²) in [6.45, 7) is 0. The van der Waals surface area contributed by atoms with Crippen molar-refractivity contribution in [3.63, 3.8) is 0 Å². The van der Waals surface area contributed by atoms with Gasteiger partial charge in [-0.25, -0.2) is 9.97 Å². The highest BCUT2D eigenvalue weighted by Crippen LogP contribution is 2.32. The molecule has 1 aromatic carbocycles. The molecule has 5 heterocycles. The lowest BCUT2D eigenvalue weighted by Crippen LogP contribution is -2.08. The molecule has 6 aromatic rings. The van der Waals surface area contributed by atoms with E-state index in [1.54, 1.807) is 12.5 Å². The first-order chi connectivity index (χ1) is 15.7. The van der Waals surface area contributed by atoms with E-state index in [2.05, 4.69) is 37.3 Å². The molecule has 6 rings (SSSR count). The van der Waals surface area contributed by atoms with E-state index in [-0.39, 0.29) is 0 Å². The van der Waals surface area contributed by atoms with Gasteiger partial charge in [-0.15, -0.1) is 0 Å². The van der Waals surface area contributed by atoms with Crippen LogP contribution in [0, 0.1) is 0 Å². The fourth-order valence-electron chi connectivity index (χ4n) is 3.87. The van der Waals surface area contributed by atoms with Gasteiger partial charge in [-0.2, -0.15) is 5.10 Å². The predicted molar refractivity (Wildman–Crippen MR) is 124 cm³/mol. The van der Waals surface area contributed by atoms with Crippen molar-refractivity contribution in [2.24, 2.45) is 0 Å². The van der Waals surface area contributed by atoms with E-state index in [4.69, 9.17) is 9.40 Å². The van der Waals surface area contributed by atoms with Gasteiger partial charge in [0.15, 0.2) is 11.5 Å². The molecule has 0 bridgehead atoms. The molecule has 32 heavy (non-hydrogen) atoms. The van der Waals surface area contributed by atoms with Crippen LogP contribution >= 0.6 is 0 Å². The summed E-state index contributed by atoms with van der Waals surface area (Å²) in [5.74, 6) is 0.706. The number of aromatic amines is 2. The molecular weight excluding hydrogens is 402 g/mol. The maximum atomic E-state index is 5.26. The minimum Gasteiger partial charge on any atom is -0.472 e. The molecule has 0 saturated carbocycles. The SMILES string of the molecule is CN(C)c1cncc(-c2cnc3n[nH]c(-c4nc5c(-c6ccoc6)cccc5[nH]4)c3c2)c1. The first-order valence-corrected chi connectivity index (χ1v) is 10.2. The van der Waals surface area contributed by atoms with Gasteiger partial charge in [0, 0.05) is 48.7 Å². The quantitative estimate of drug-likeness (QED) is 0.420. The standard InChI is InChI=1S/C24H19N7O/c1-31(2)17-8-15(10-25-12-17)16-9-19-22(29-30-23(19)26-11-16)24-27-20-5-3-4-18(21(20)28-24)14-6-7-32-13-14/h3-13H,1-2H3,(H,27,28)(H,26,29,30). The number of pyridine rings is 2. The minimum atomic E-state index is 0.635. The zero-order chi connectivity index (χ0) is 21.7. The maximum Gasteiger partial charge on any atom is 0.181 e. The van der Waals surface area contributed by atoms with E-state index in [1.807, 2.05) is 61.9 Å². The highest BCUT2D eigenvalue weighted by molar-refractivity contribution is 5.97. The average Bonchev–Trinajstić information content (AvgIpc) is 3.57. The second-order valence-electron chi connectivity index (χ2n) is 7.82. The molecule has 0 amide bonds. The Morgan fingerprint density at radius 1 is 0.969 bits per heavy atom. The Bertz CT molecular complexity index is 1560. The number of rotatable bonds is 4. The number of hydrogen-bond acceptors (Lipinski definition) is 6. The topological polar surface area (TPSA) is 99.5 Å². The monoisotopic (exact) mass is 421 g/mol. The molecule has 0 unspecified atom stereocenters. The van der Waals surface area contributed by atoms with E-state index in [1.165, 1.54) is 0 Å². The van der Waals surface area contributed by atoms with Gasteiger partial charge in [-0.1, -0.05) is 12.1 Å². The number of imidazole rings is 1. The number of H-pyrrole nitrogens is 2. The Labute approximate surface area is 183 Å². The maximum absolute atomic E-state index is 5.26. The number of fused-ring (bicyclic) bond motifs is 2. The molecule has 0 aliphatic rings. The Hall–Kier alpha value is -4.46. The largest absolute Gasteiger partial charge is 0.472 e. The van der Waals surface area contributed by atoms with Gasteiger partial charge in [0.2, 0.25) is 0 Å². The lowest BCUT2D eigenvalue weighted by Gasteiger charge is -2.12. The average molecular weight is 421 g/mol. The van der Waals surface area contributed by atoms with Gasteiger partial charge in [0.05, 0.1) is 40.8 Å². The number of hydrogen-bond donors (Lipinski definition) is 2. The van der Waals surface area contributed by atoms with Crippen LogP contribution in [0.5, 0.6) is 0 Å². The summed E-state index contributed by atoms with van der Waals surface area (Å²) >= 11 is 0. The first-order valence-electron chi connectivity index (χ1n) is 10.2. The van der Waals surface area contributed by atoms with Gasteiger partial charge >= 0.3 is 0 Å². The van der Waals surface area contributed by atoms with Crippen molar-refractivity contribution in [2.75, 3.05) is 19.0 Å². The molecule has 0 atom stereocenters. The lowest BCUT2D eigenvalue weighted by atomic mass is 10.1. The van der Waals surface area contributed by atoms with Crippen LogP contribution in [0.1, 0.15) is 0 Å². The van der Waals surface area contributed by atoms with Crippen LogP contribution in [0.3, 0.4) is 0 Å². The van der Waals surface area contributed by atoms with E-state index >= 15 is 0 Å². The molecule has 0 fully saturated rings. The van der Waals surface area contributed by atoms with Crippen LogP contribution in [0.4, 0.5) is 5.69 Å². The Morgan fingerprint density at radius 3 is 2.72 bits per heavy atom. The van der Waals surface area contributed by atoms with Crippen molar-refractivity contribution in [2.45, 2.75) is 0 Å². The second kappa shape index (κ2) is 7.05. The van der Waals surface area contributed by atoms with Crippen LogP contribution in [0.15, 0.2) is 71.9 Å². The summed E-state index contributed by atoms with van der Waals surface area (Å²) in [5, 5.41) is 8.38. The zero-order valence-electron chi connectivity index (χ0n) is 17.5. The van der Waals surface area contributed by atoms with E-state index < -0.39 is 0 Å². The normalized spacial score (nSPS) is 11.4. The fourth-order valence-corrected chi connectivity index (χ4v) is 3.87. The fraction of sp³-hybridized carbons (Fsp3) is 0.0833. The number of nitrogens with one attached hydrogen (secondary N) is 2. The summed E-state index contributed by atoms with van der Waals surface area (Å²) in [7, 11) is 3.99. The number of benzene rings is 1. The third kappa shape index (κ3) is 2.92. The Kier molecular flexibility index (Phi) is 4.04. The minimum absolute atomic E-state index is 0.635. The van der Waals surface area contributed by atoms with Crippen molar-refractivity contribution in [1.29, 1.82) is 0 Å². The lowest BCUT2D eigenvalue weighted by molar-refractivity contribution is 0.568. The summed E-state index contributed by atoms with van der Waals surface area (Å²) < 4.78 is 5.26. The van der Waals surface area contributed by atoms with Gasteiger partial charge < -0.3 is 14.3 Å². The smallest absolute Gasteiger partial charge is 0.181 e. The van der Waals surface area contributed by atoms with Gasteiger partial charge in [0.25, 0.3) is 0 Å². The summed E-state index contributed by atoms with van der Waals surface area (Å²) in [5.41, 5.74) is 8.21.